The Morgan fingerprint density at radius 1 is 1.33 bits per heavy atom. The maximum absolute atomic E-state index is 6.39. The molecular weight excluding hydrogens is 222 g/mol. The third-order valence-corrected chi connectivity index (χ3v) is 4.20. The van der Waals surface area contributed by atoms with Gasteiger partial charge in [0, 0.05) is 13.2 Å². The van der Waals surface area contributed by atoms with Gasteiger partial charge in [-0.05, 0) is 50.2 Å². The van der Waals surface area contributed by atoms with Gasteiger partial charge in [-0.15, -0.1) is 0 Å². The van der Waals surface area contributed by atoms with E-state index >= 15 is 0 Å². The van der Waals surface area contributed by atoms with E-state index in [1.54, 1.807) is 7.11 Å². The molecule has 100 valence electrons. The molecule has 18 heavy (non-hydrogen) atoms. The van der Waals surface area contributed by atoms with Gasteiger partial charge in [0.15, 0.2) is 0 Å². The monoisotopic (exact) mass is 247 g/mol. The predicted octanol–water partition coefficient (Wildman–Crippen LogP) is 3.77. The van der Waals surface area contributed by atoms with Crippen molar-refractivity contribution in [1.29, 1.82) is 0 Å². The van der Waals surface area contributed by atoms with Gasteiger partial charge in [-0.1, -0.05) is 30.7 Å². The standard InChI is InChI=1S/C16H25NO/c1-16(2,18-3)11-15(17)14-10-5-4-9-13(14)12-7-6-8-12/h4-5,9-10,12,15H,6-8,11,17H2,1-3H3. The zero-order chi connectivity index (χ0) is 13.2. The second-order valence-corrected chi connectivity index (χ2v) is 6.03. The molecule has 0 amide bonds. The fraction of sp³-hybridized carbons (Fsp3) is 0.625. The maximum atomic E-state index is 6.39. The van der Waals surface area contributed by atoms with E-state index in [0.29, 0.717) is 0 Å². The highest BCUT2D eigenvalue weighted by Gasteiger charge is 2.27. The van der Waals surface area contributed by atoms with Crippen LogP contribution in [0.25, 0.3) is 0 Å². The fourth-order valence-corrected chi connectivity index (χ4v) is 2.66. The molecule has 0 heterocycles. The number of nitrogens with two attached hydrogens (primary N) is 1. The largest absolute Gasteiger partial charge is 0.379 e. The lowest BCUT2D eigenvalue weighted by Gasteiger charge is -2.32. The Labute approximate surface area is 111 Å². The number of rotatable bonds is 5. The average molecular weight is 247 g/mol. The highest BCUT2D eigenvalue weighted by atomic mass is 16.5. The van der Waals surface area contributed by atoms with Crippen LogP contribution >= 0.6 is 0 Å². The minimum atomic E-state index is -0.161. The van der Waals surface area contributed by atoms with Crippen molar-refractivity contribution in [2.24, 2.45) is 5.73 Å². The van der Waals surface area contributed by atoms with E-state index in [1.165, 1.54) is 30.4 Å². The van der Waals surface area contributed by atoms with E-state index in [-0.39, 0.29) is 11.6 Å². The molecule has 0 aliphatic heterocycles. The van der Waals surface area contributed by atoms with Gasteiger partial charge >= 0.3 is 0 Å². The predicted molar refractivity (Wildman–Crippen MR) is 75.7 cm³/mol. The lowest BCUT2D eigenvalue weighted by Crippen LogP contribution is -2.29. The first-order valence-electron chi connectivity index (χ1n) is 6.93. The SMILES string of the molecule is COC(C)(C)CC(N)c1ccccc1C1CCC1. The van der Waals surface area contributed by atoms with Crippen molar-refractivity contribution in [2.45, 2.75) is 57.1 Å². The Bertz CT molecular complexity index is 396. The number of hydrogen-bond donors (Lipinski definition) is 1. The molecule has 0 saturated heterocycles. The molecule has 1 saturated carbocycles. The van der Waals surface area contributed by atoms with Crippen molar-refractivity contribution >= 4 is 0 Å². The fourth-order valence-electron chi connectivity index (χ4n) is 2.66. The lowest BCUT2D eigenvalue weighted by atomic mass is 9.76. The average Bonchev–Trinajstić information content (AvgIpc) is 2.27. The van der Waals surface area contributed by atoms with E-state index in [9.17, 15) is 0 Å². The molecule has 0 bridgehead atoms. The minimum Gasteiger partial charge on any atom is -0.379 e. The molecule has 1 unspecified atom stereocenters. The first-order valence-corrected chi connectivity index (χ1v) is 6.93. The topological polar surface area (TPSA) is 35.2 Å². The summed E-state index contributed by atoms with van der Waals surface area (Å²) >= 11 is 0. The van der Waals surface area contributed by atoms with Crippen molar-refractivity contribution in [3.8, 4) is 0 Å². The Morgan fingerprint density at radius 3 is 2.56 bits per heavy atom. The molecule has 2 rings (SSSR count). The molecule has 0 radical (unpaired) electrons. The van der Waals surface area contributed by atoms with Crippen molar-refractivity contribution in [3.05, 3.63) is 35.4 Å². The van der Waals surface area contributed by atoms with E-state index in [1.807, 2.05) is 0 Å². The lowest BCUT2D eigenvalue weighted by molar-refractivity contribution is 0.00985. The summed E-state index contributed by atoms with van der Waals surface area (Å²) in [6, 6.07) is 8.72. The van der Waals surface area contributed by atoms with Gasteiger partial charge in [0.05, 0.1) is 5.60 Å². The third kappa shape index (κ3) is 2.93. The van der Waals surface area contributed by atoms with Crippen LogP contribution in [0, 0.1) is 0 Å². The van der Waals surface area contributed by atoms with Crippen LogP contribution in [0.1, 0.15) is 62.6 Å². The van der Waals surface area contributed by atoms with E-state index < -0.39 is 0 Å². The highest BCUT2D eigenvalue weighted by Crippen LogP contribution is 2.40. The molecule has 1 atom stereocenters. The molecule has 1 aromatic carbocycles. The summed E-state index contributed by atoms with van der Waals surface area (Å²) in [7, 11) is 1.75. The van der Waals surface area contributed by atoms with Crippen LogP contribution < -0.4 is 5.73 Å². The molecule has 0 aromatic heterocycles. The summed E-state index contributed by atoms with van der Waals surface area (Å²) in [6.45, 7) is 4.19. The number of methoxy groups -OCH3 is 1. The molecule has 1 aliphatic carbocycles. The number of ether oxygens (including phenoxy) is 1. The molecule has 1 aliphatic rings. The van der Waals surface area contributed by atoms with Crippen LogP contribution in [0.4, 0.5) is 0 Å². The van der Waals surface area contributed by atoms with Crippen LogP contribution in [0.2, 0.25) is 0 Å². The Hall–Kier alpha value is -0.860. The second-order valence-electron chi connectivity index (χ2n) is 6.03. The number of benzene rings is 1. The van der Waals surface area contributed by atoms with Gasteiger partial charge in [0.2, 0.25) is 0 Å². The van der Waals surface area contributed by atoms with Crippen LogP contribution in [0.15, 0.2) is 24.3 Å². The smallest absolute Gasteiger partial charge is 0.0640 e. The summed E-state index contributed by atoms with van der Waals surface area (Å²) < 4.78 is 5.49. The Kier molecular flexibility index (Phi) is 4.08. The van der Waals surface area contributed by atoms with Crippen LogP contribution in [0.3, 0.4) is 0 Å². The van der Waals surface area contributed by atoms with Crippen LogP contribution in [0.5, 0.6) is 0 Å². The van der Waals surface area contributed by atoms with E-state index in [2.05, 4.69) is 38.1 Å². The summed E-state index contributed by atoms with van der Waals surface area (Å²) in [4.78, 5) is 0. The highest BCUT2D eigenvalue weighted by molar-refractivity contribution is 5.34. The summed E-state index contributed by atoms with van der Waals surface area (Å²) in [6.07, 6.45) is 4.85. The molecule has 2 N–H and O–H groups in total. The zero-order valence-electron chi connectivity index (χ0n) is 11.8. The molecular formula is C16H25NO. The molecule has 2 heteroatoms. The van der Waals surface area contributed by atoms with Crippen molar-refractivity contribution < 1.29 is 4.74 Å². The van der Waals surface area contributed by atoms with Crippen LogP contribution in [-0.2, 0) is 4.74 Å². The van der Waals surface area contributed by atoms with E-state index in [0.717, 1.165) is 12.3 Å². The summed E-state index contributed by atoms with van der Waals surface area (Å²) in [5, 5.41) is 0. The quantitative estimate of drug-likeness (QED) is 0.859. The molecule has 0 spiro atoms. The van der Waals surface area contributed by atoms with Crippen LogP contribution in [-0.4, -0.2) is 12.7 Å². The van der Waals surface area contributed by atoms with Gasteiger partial charge < -0.3 is 10.5 Å². The zero-order valence-corrected chi connectivity index (χ0v) is 11.8. The first kappa shape index (κ1) is 13.6. The van der Waals surface area contributed by atoms with Gasteiger partial charge in [-0.2, -0.15) is 0 Å². The molecule has 1 aromatic rings. The van der Waals surface area contributed by atoms with Crippen molar-refractivity contribution in [3.63, 3.8) is 0 Å². The Balaban J connectivity index is 2.16. The maximum Gasteiger partial charge on any atom is 0.0640 e. The van der Waals surface area contributed by atoms with E-state index in [4.69, 9.17) is 10.5 Å². The summed E-state index contributed by atoms with van der Waals surface area (Å²) in [5.74, 6) is 0.734. The molecule has 1 fully saturated rings. The first-order chi connectivity index (χ1) is 8.53. The number of hydrogen-bond acceptors (Lipinski definition) is 2. The van der Waals surface area contributed by atoms with Crippen molar-refractivity contribution in [1.82, 2.24) is 0 Å². The van der Waals surface area contributed by atoms with Gasteiger partial charge in [0.25, 0.3) is 0 Å². The van der Waals surface area contributed by atoms with Gasteiger partial charge in [-0.25, -0.2) is 0 Å². The summed E-state index contributed by atoms with van der Waals surface area (Å²) in [5.41, 5.74) is 9.01. The Morgan fingerprint density at radius 2 is 2.00 bits per heavy atom. The third-order valence-electron chi connectivity index (χ3n) is 4.20. The minimum absolute atomic E-state index is 0.0664. The normalized spacial score (nSPS) is 18.4. The van der Waals surface area contributed by atoms with Gasteiger partial charge in [-0.3, -0.25) is 0 Å². The van der Waals surface area contributed by atoms with Gasteiger partial charge in [0.1, 0.15) is 0 Å². The second kappa shape index (κ2) is 5.41. The molecule has 2 nitrogen and oxygen atoms in total. The van der Waals surface area contributed by atoms with Crippen molar-refractivity contribution in [2.75, 3.05) is 7.11 Å².